The van der Waals surface area contributed by atoms with Crippen molar-refractivity contribution in [3.8, 4) is 0 Å². The van der Waals surface area contributed by atoms with Crippen LogP contribution in [0.15, 0.2) is 0 Å². The maximum atomic E-state index is 12.5. The second kappa shape index (κ2) is 6.97. The van der Waals surface area contributed by atoms with Gasteiger partial charge in [0.2, 0.25) is 5.91 Å². The first-order valence-electron chi connectivity index (χ1n) is 6.77. The van der Waals surface area contributed by atoms with E-state index in [-0.39, 0.29) is 5.41 Å². The zero-order valence-corrected chi connectivity index (χ0v) is 11.5. The summed E-state index contributed by atoms with van der Waals surface area (Å²) in [5, 5.41) is 6.48. The van der Waals surface area contributed by atoms with Crippen LogP contribution in [0.2, 0.25) is 0 Å². The van der Waals surface area contributed by atoms with Crippen LogP contribution in [0, 0.1) is 5.41 Å². The van der Waals surface area contributed by atoms with Gasteiger partial charge in [0, 0.05) is 20.1 Å². The molecule has 0 aromatic heterocycles. The van der Waals surface area contributed by atoms with E-state index < -0.39 is 0 Å². The summed E-state index contributed by atoms with van der Waals surface area (Å²) in [5.74, 6) is 0.323. The molecule has 0 aromatic rings. The highest BCUT2D eigenvalue weighted by Gasteiger charge is 2.39. The molecule has 0 aliphatic carbocycles. The van der Waals surface area contributed by atoms with Crippen LogP contribution in [-0.2, 0) is 4.79 Å². The predicted octanol–water partition coefficient (Wildman–Crippen LogP) is 0.834. The molecular weight excluding hydrogens is 214 g/mol. The Balaban J connectivity index is 2.52. The van der Waals surface area contributed by atoms with Crippen LogP contribution < -0.4 is 10.6 Å². The molecule has 0 bridgehead atoms. The number of piperidine rings is 1. The molecule has 4 heteroatoms. The van der Waals surface area contributed by atoms with Crippen LogP contribution in [0.25, 0.3) is 0 Å². The minimum Gasteiger partial charge on any atom is -0.345 e. The molecule has 2 N–H and O–H groups in total. The molecule has 0 spiro atoms. The summed E-state index contributed by atoms with van der Waals surface area (Å²) in [5.41, 5.74) is -0.146. The predicted molar refractivity (Wildman–Crippen MR) is 71.0 cm³/mol. The summed E-state index contributed by atoms with van der Waals surface area (Å²) in [6.45, 7) is 5.85. The van der Waals surface area contributed by atoms with Gasteiger partial charge in [-0.3, -0.25) is 4.79 Å². The molecule has 1 amide bonds. The Hall–Kier alpha value is -0.610. The number of nitrogens with one attached hydrogen (secondary N) is 2. The number of hydrogen-bond donors (Lipinski definition) is 2. The van der Waals surface area contributed by atoms with E-state index in [0.717, 1.165) is 51.9 Å². The Morgan fingerprint density at radius 2 is 2.29 bits per heavy atom. The van der Waals surface area contributed by atoms with Gasteiger partial charge < -0.3 is 15.5 Å². The average Bonchev–Trinajstić information content (AvgIpc) is 2.38. The third-order valence-electron chi connectivity index (χ3n) is 3.87. The molecule has 0 saturated carbocycles. The molecule has 1 atom stereocenters. The molecule has 1 fully saturated rings. The van der Waals surface area contributed by atoms with Gasteiger partial charge in [-0.1, -0.05) is 6.92 Å². The van der Waals surface area contributed by atoms with Crippen LogP contribution in [0.5, 0.6) is 0 Å². The molecule has 1 aliphatic heterocycles. The summed E-state index contributed by atoms with van der Waals surface area (Å²) in [4.78, 5) is 14.4. The van der Waals surface area contributed by atoms with Crippen LogP contribution in [0.3, 0.4) is 0 Å². The Morgan fingerprint density at radius 3 is 2.82 bits per heavy atom. The minimum absolute atomic E-state index is 0.146. The fraction of sp³-hybridized carbons (Fsp3) is 0.923. The molecule has 0 aromatic carbocycles. The maximum absolute atomic E-state index is 12.5. The Labute approximate surface area is 105 Å². The van der Waals surface area contributed by atoms with Crippen molar-refractivity contribution in [3.63, 3.8) is 0 Å². The zero-order chi connectivity index (χ0) is 12.7. The highest BCUT2D eigenvalue weighted by Crippen LogP contribution is 2.31. The number of carbonyl (C=O) groups excluding carboxylic acids is 1. The quantitative estimate of drug-likeness (QED) is 0.677. The molecule has 1 rings (SSSR count). The van der Waals surface area contributed by atoms with E-state index in [1.807, 2.05) is 19.0 Å². The summed E-state index contributed by atoms with van der Waals surface area (Å²) < 4.78 is 0. The molecule has 0 radical (unpaired) electrons. The fourth-order valence-electron chi connectivity index (χ4n) is 2.60. The average molecular weight is 241 g/mol. The molecule has 1 heterocycles. The standard InChI is InChI=1S/C13H27N3O/c1-4-13(7-5-9-15-11-13)12(17)16(3)10-6-8-14-2/h14-15H,4-11H2,1-3H3. The lowest BCUT2D eigenvalue weighted by Gasteiger charge is -2.38. The van der Waals surface area contributed by atoms with E-state index in [9.17, 15) is 4.79 Å². The Bertz CT molecular complexity index is 237. The first-order valence-corrected chi connectivity index (χ1v) is 6.77. The zero-order valence-electron chi connectivity index (χ0n) is 11.5. The van der Waals surface area contributed by atoms with Gasteiger partial charge in [-0.05, 0) is 45.8 Å². The topological polar surface area (TPSA) is 44.4 Å². The monoisotopic (exact) mass is 241 g/mol. The number of hydrogen-bond acceptors (Lipinski definition) is 3. The summed E-state index contributed by atoms with van der Waals surface area (Å²) in [6, 6.07) is 0. The van der Waals surface area contributed by atoms with Crippen molar-refractivity contribution in [2.24, 2.45) is 5.41 Å². The molecular formula is C13H27N3O. The highest BCUT2D eigenvalue weighted by atomic mass is 16.2. The second-order valence-electron chi connectivity index (χ2n) is 5.10. The lowest BCUT2D eigenvalue weighted by molar-refractivity contribution is -0.142. The van der Waals surface area contributed by atoms with Gasteiger partial charge >= 0.3 is 0 Å². The number of amides is 1. The van der Waals surface area contributed by atoms with E-state index in [2.05, 4.69) is 17.6 Å². The number of nitrogens with zero attached hydrogens (tertiary/aromatic N) is 1. The first-order chi connectivity index (χ1) is 8.16. The van der Waals surface area contributed by atoms with Crippen LogP contribution >= 0.6 is 0 Å². The third-order valence-corrected chi connectivity index (χ3v) is 3.87. The van der Waals surface area contributed by atoms with Crippen molar-refractivity contribution in [1.29, 1.82) is 0 Å². The smallest absolute Gasteiger partial charge is 0.229 e. The molecule has 100 valence electrons. The van der Waals surface area contributed by atoms with E-state index in [0.29, 0.717) is 5.91 Å². The Morgan fingerprint density at radius 1 is 1.53 bits per heavy atom. The van der Waals surface area contributed by atoms with Crippen molar-refractivity contribution in [1.82, 2.24) is 15.5 Å². The normalized spacial score (nSPS) is 24.6. The van der Waals surface area contributed by atoms with Crippen molar-refractivity contribution in [3.05, 3.63) is 0 Å². The van der Waals surface area contributed by atoms with E-state index in [1.54, 1.807) is 0 Å². The van der Waals surface area contributed by atoms with Crippen LogP contribution in [0.4, 0.5) is 0 Å². The van der Waals surface area contributed by atoms with Gasteiger partial charge in [-0.25, -0.2) is 0 Å². The van der Waals surface area contributed by atoms with Gasteiger partial charge in [0.25, 0.3) is 0 Å². The van der Waals surface area contributed by atoms with Gasteiger partial charge in [-0.15, -0.1) is 0 Å². The third kappa shape index (κ3) is 3.68. The SMILES string of the molecule is CCC1(C(=O)N(C)CCCNC)CCCNC1. The van der Waals surface area contributed by atoms with E-state index in [4.69, 9.17) is 0 Å². The summed E-state index contributed by atoms with van der Waals surface area (Å²) >= 11 is 0. The summed E-state index contributed by atoms with van der Waals surface area (Å²) in [7, 11) is 3.88. The molecule has 1 unspecified atom stereocenters. The number of rotatable bonds is 6. The fourth-order valence-corrected chi connectivity index (χ4v) is 2.60. The largest absolute Gasteiger partial charge is 0.345 e. The van der Waals surface area contributed by atoms with Crippen molar-refractivity contribution < 1.29 is 4.79 Å². The second-order valence-corrected chi connectivity index (χ2v) is 5.10. The first kappa shape index (κ1) is 14.5. The van der Waals surface area contributed by atoms with Gasteiger partial charge in [-0.2, -0.15) is 0 Å². The van der Waals surface area contributed by atoms with Crippen LogP contribution in [-0.4, -0.2) is 51.1 Å². The van der Waals surface area contributed by atoms with E-state index >= 15 is 0 Å². The minimum atomic E-state index is -0.146. The maximum Gasteiger partial charge on any atom is 0.229 e. The van der Waals surface area contributed by atoms with Gasteiger partial charge in [0.05, 0.1) is 5.41 Å². The van der Waals surface area contributed by atoms with Crippen LogP contribution in [0.1, 0.15) is 32.6 Å². The Kier molecular flexibility index (Phi) is 5.92. The molecule has 4 nitrogen and oxygen atoms in total. The number of carbonyl (C=O) groups is 1. The molecule has 17 heavy (non-hydrogen) atoms. The van der Waals surface area contributed by atoms with Gasteiger partial charge in [0.15, 0.2) is 0 Å². The molecule has 1 aliphatic rings. The van der Waals surface area contributed by atoms with Gasteiger partial charge in [0.1, 0.15) is 0 Å². The highest BCUT2D eigenvalue weighted by molar-refractivity contribution is 5.82. The summed E-state index contributed by atoms with van der Waals surface area (Å²) in [6.07, 6.45) is 4.11. The molecule has 1 saturated heterocycles. The van der Waals surface area contributed by atoms with Crippen molar-refractivity contribution in [2.75, 3.05) is 40.3 Å². The van der Waals surface area contributed by atoms with Crippen molar-refractivity contribution >= 4 is 5.91 Å². The lowest BCUT2D eigenvalue weighted by Crippen LogP contribution is -2.50. The van der Waals surface area contributed by atoms with E-state index in [1.165, 1.54) is 0 Å². The lowest BCUT2D eigenvalue weighted by atomic mass is 9.77. The van der Waals surface area contributed by atoms with Crippen molar-refractivity contribution in [2.45, 2.75) is 32.6 Å².